The van der Waals surface area contributed by atoms with E-state index in [0.717, 1.165) is 12.0 Å². The van der Waals surface area contributed by atoms with Gasteiger partial charge in [0.15, 0.2) is 0 Å². The lowest BCUT2D eigenvalue weighted by molar-refractivity contribution is -0.117. The molecule has 1 aliphatic heterocycles. The summed E-state index contributed by atoms with van der Waals surface area (Å²) < 4.78 is 27.7. The zero-order chi connectivity index (χ0) is 23.3. The Labute approximate surface area is 193 Å². The molecule has 1 heterocycles. The summed E-state index contributed by atoms with van der Waals surface area (Å²) in [7, 11) is -3.90. The molecule has 0 saturated carbocycles. The van der Waals surface area contributed by atoms with E-state index in [1.165, 1.54) is 16.4 Å². The molecule has 8 heteroatoms. The molecule has 0 bridgehead atoms. The third kappa shape index (κ3) is 5.47. The Hall–Kier alpha value is -3.49. The number of carbonyl (C=O) groups is 2. The molecular formula is C25H25N3O4S. The minimum absolute atomic E-state index is 0.0569. The highest BCUT2D eigenvalue weighted by Crippen LogP contribution is 2.24. The normalized spacial score (nSPS) is 14.0. The van der Waals surface area contributed by atoms with Gasteiger partial charge in [-0.25, -0.2) is 8.42 Å². The van der Waals surface area contributed by atoms with Crippen molar-refractivity contribution in [1.29, 1.82) is 0 Å². The molecule has 0 aromatic heterocycles. The van der Waals surface area contributed by atoms with E-state index in [1.807, 2.05) is 36.4 Å². The van der Waals surface area contributed by atoms with Crippen LogP contribution in [-0.4, -0.2) is 37.6 Å². The zero-order valence-electron chi connectivity index (χ0n) is 18.1. The van der Waals surface area contributed by atoms with E-state index in [9.17, 15) is 18.0 Å². The zero-order valence-corrected chi connectivity index (χ0v) is 18.9. The Bertz CT molecular complexity index is 1230. The fourth-order valence-electron chi connectivity index (χ4n) is 3.79. The molecule has 1 fully saturated rings. The van der Waals surface area contributed by atoms with Crippen molar-refractivity contribution in [2.24, 2.45) is 0 Å². The van der Waals surface area contributed by atoms with Crippen LogP contribution >= 0.6 is 0 Å². The van der Waals surface area contributed by atoms with Gasteiger partial charge in [0.1, 0.15) is 0 Å². The van der Waals surface area contributed by atoms with Crippen LogP contribution in [0, 0.1) is 0 Å². The summed E-state index contributed by atoms with van der Waals surface area (Å²) in [6.07, 6.45) is 1.32. The first-order valence-electron chi connectivity index (χ1n) is 10.7. The first-order valence-corrected chi connectivity index (χ1v) is 12.2. The molecular weight excluding hydrogens is 438 g/mol. The molecule has 33 heavy (non-hydrogen) atoms. The van der Waals surface area contributed by atoms with E-state index < -0.39 is 15.9 Å². The van der Waals surface area contributed by atoms with Crippen molar-refractivity contribution >= 4 is 33.2 Å². The van der Waals surface area contributed by atoms with Crippen LogP contribution in [0.25, 0.3) is 0 Å². The molecule has 7 nitrogen and oxygen atoms in total. The Morgan fingerprint density at radius 1 is 0.939 bits per heavy atom. The molecule has 4 rings (SSSR count). The highest BCUT2D eigenvalue weighted by Gasteiger charge is 2.27. The van der Waals surface area contributed by atoms with Gasteiger partial charge in [0, 0.05) is 30.9 Å². The van der Waals surface area contributed by atoms with Crippen molar-refractivity contribution in [3.63, 3.8) is 0 Å². The van der Waals surface area contributed by atoms with Crippen molar-refractivity contribution in [3.8, 4) is 0 Å². The maximum Gasteiger partial charge on any atom is 0.243 e. The third-order valence-electron chi connectivity index (χ3n) is 5.42. The molecule has 3 aromatic carbocycles. The van der Waals surface area contributed by atoms with Gasteiger partial charge in [-0.3, -0.25) is 9.59 Å². The second-order valence-electron chi connectivity index (χ2n) is 7.82. The fraction of sp³-hybridized carbons (Fsp3) is 0.200. The highest BCUT2D eigenvalue weighted by atomic mass is 32.2. The summed E-state index contributed by atoms with van der Waals surface area (Å²) in [6.45, 7) is 0.364. The number of hydrogen-bond donors (Lipinski definition) is 1. The Morgan fingerprint density at radius 2 is 1.64 bits per heavy atom. The predicted octanol–water partition coefficient (Wildman–Crippen LogP) is 3.64. The molecule has 3 aromatic rings. The van der Waals surface area contributed by atoms with Crippen molar-refractivity contribution in [3.05, 3.63) is 90.5 Å². The van der Waals surface area contributed by atoms with E-state index in [2.05, 4.69) is 5.32 Å². The molecule has 1 aliphatic rings. The van der Waals surface area contributed by atoms with E-state index in [4.69, 9.17) is 0 Å². The van der Waals surface area contributed by atoms with Crippen LogP contribution in [0.2, 0.25) is 0 Å². The lowest BCUT2D eigenvalue weighted by Crippen LogP contribution is -2.37. The molecule has 170 valence electrons. The number of nitrogens with zero attached hydrogens (tertiary/aromatic N) is 2. The minimum Gasteiger partial charge on any atom is -0.325 e. The lowest BCUT2D eigenvalue weighted by Gasteiger charge is -2.22. The number of amides is 2. The van der Waals surface area contributed by atoms with Crippen LogP contribution in [0.3, 0.4) is 0 Å². The number of anilines is 2. The first kappa shape index (κ1) is 22.7. The summed E-state index contributed by atoms with van der Waals surface area (Å²) in [6, 6.07) is 24.3. The number of sulfonamides is 1. The average Bonchev–Trinajstić information content (AvgIpc) is 3.26. The molecule has 0 spiro atoms. The standard InChI is InChI=1S/C25H25N3O4S/c29-24(26-21-11-7-12-22(17-21)28-16-8-15-25(28)30)19-27(18-20-9-3-1-4-10-20)33(31,32)23-13-5-2-6-14-23/h1-7,9-14,17H,8,15-16,18-19H2,(H,26,29). The largest absolute Gasteiger partial charge is 0.325 e. The van der Waals surface area contributed by atoms with Crippen LogP contribution in [-0.2, 0) is 26.2 Å². The Balaban J connectivity index is 1.54. The highest BCUT2D eigenvalue weighted by molar-refractivity contribution is 7.89. The topological polar surface area (TPSA) is 86.8 Å². The monoisotopic (exact) mass is 463 g/mol. The summed E-state index contributed by atoms with van der Waals surface area (Å²) in [5.41, 5.74) is 2.00. The number of hydrogen-bond acceptors (Lipinski definition) is 4. The minimum atomic E-state index is -3.90. The quantitative estimate of drug-likeness (QED) is 0.553. The van der Waals surface area contributed by atoms with Gasteiger partial charge in [0.2, 0.25) is 21.8 Å². The van der Waals surface area contributed by atoms with Gasteiger partial charge >= 0.3 is 0 Å². The Morgan fingerprint density at radius 3 is 2.30 bits per heavy atom. The van der Waals surface area contributed by atoms with E-state index in [-0.39, 0.29) is 23.9 Å². The van der Waals surface area contributed by atoms with Gasteiger partial charge in [0.05, 0.1) is 11.4 Å². The fourth-order valence-corrected chi connectivity index (χ4v) is 5.19. The van der Waals surface area contributed by atoms with Crippen molar-refractivity contribution in [1.82, 2.24) is 4.31 Å². The molecule has 0 atom stereocenters. The second kappa shape index (κ2) is 9.97. The van der Waals surface area contributed by atoms with Gasteiger partial charge in [-0.15, -0.1) is 0 Å². The van der Waals surface area contributed by atoms with Crippen LogP contribution in [0.4, 0.5) is 11.4 Å². The van der Waals surface area contributed by atoms with Gasteiger partial charge in [-0.05, 0) is 42.3 Å². The number of carbonyl (C=O) groups excluding carboxylic acids is 2. The van der Waals surface area contributed by atoms with E-state index >= 15 is 0 Å². The summed E-state index contributed by atoms with van der Waals surface area (Å²) in [5, 5.41) is 2.78. The van der Waals surface area contributed by atoms with Crippen molar-refractivity contribution < 1.29 is 18.0 Å². The average molecular weight is 464 g/mol. The van der Waals surface area contributed by atoms with Crippen LogP contribution < -0.4 is 10.2 Å². The van der Waals surface area contributed by atoms with Gasteiger partial charge < -0.3 is 10.2 Å². The predicted molar refractivity (Wildman–Crippen MR) is 127 cm³/mol. The Kier molecular flexibility index (Phi) is 6.86. The SMILES string of the molecule is O=C(CN(Cc1ccccc1)S(=O)(=O)c1ccccc1)Nc1cccc(N2CCCC2=O)c1. The van der Waals surface area contributed by atoms with Crippen molar-refractivity contribution in [2.75, 3.05) is 23.3 Å². The van der Waals surface area contributed by atoms with Crippen molar-refractivity contribution in [2.45, 2.75) is 24.3 Å². The van der Waals surface area contributed by atoms with Gasteiger partial charge in [-0.2, -0.15) is 4.31 Å². The number of rotatable bonds is 8. The van der Waals surface area contributed by atoms with Gasteiger partial charge in [0.25, 0.3) is 0 Å². The molecule has 0 aliphatic carbocycles. The van der Waals surface area contributed by atoms with E-state index in [1.54, 1.807) is 41.3 Å². The van der Waals surface area contributed by atoms with Crippen LogP contribution in [0.5, 0.6) is 0 Å². The van der Waals surface area contributed by atoms with Crippen LogP contribution in [0.15, 0.2) is 89.8 Å². The molecule has 1 saturated heterocycles. The summed E-state index contributed by atoms with van der Waals surface area (Å²) in [5.74, 6) is -0.406. The summed E-state index contributed by atoms with van der Waals surface area (Å²) >= 11 is 0. The lowest BCUT2D eigenvalue weighted by atomic mass is 10.2. The summed E-state index contributed by atoms with van der Waals surface area (Å²) in [4.78, 5) is 26.7. The maximum absolute atomic E-state index is 13.3. The van der Waals surface area contributed by atoms with E-state index in [0.29, 0.717) is 24.3 Å². The maximum atomic E-state index is 13.3. The number of nitrogens with one attached hydrogen (secondary N) is 1. The second-order valence-corrected chi connectivity index (χ2v) is 9.76. The first-order chi connectivity index (χ1) is 15.9. The van der Waals surface area contributed by atoms with Crippen LogP contribution in [0.1, 0.15) is 18.4 Å². The molecule has 2 amide bonds. The molecule has 0 unspecified atom stereocenters. The number of benzene rings is 3. The van der Waals surface area contributed by atoms with Gasteiger partial charge in [-0.1, -0.05) is 54.6 Å². The smallest absolute Gasteiger partial charge is 0.243 e. The molecule has 1 N–H and O–H groups in total. The molecule has 0 radical (unpaired) electrons. The third-order valence-corrected chi connectivity index (χ3v) is 7.22.